The Kier molecular flexibility index (Phi) is 3.23. The van der Waals surface area contributed by atoms with Crippen molar-refractivity contribution in [3.05, 3.63) is 39.6 Å². The highest BCUT2D eigenvalue weighted by atomic mass is 79.9. The van der Waals surface area contributed by atoms with Crippen LogP contribution in [-0.4, -0.2) is 7.11 Å². The Morgan fingerprint density at radius 2 is 2.11 bits per heavy atom. The molecule has 0 amide bonds. The van der Waals surface area contributed by atoms with Crippen LogP contribution < -0.4 is 0 Å². The molecule has 0 heterocycles. The van der Waals surface area contributed by atoms with Crippen LogP contribution in [0.15, 0.2) is 28.4 Å². The summed E-state index contributed by atoms with van der Waals surface area (Å²) in [5, 5.41) is 0. The fraction of sp³-hybridized carbons (Fsp3) is 0.500. The normalized spacial score (nSPS) is 26.6. The molecule has 1 saturated carbocycles. The molecule has 2 bridgehead atoms. The van der Waals surface area contributed by atoms with Gasteiger partial charge in [0.1, 0.15) is 5.76 Å². The Bertz CT molecular complexity index is 504. The summed E-state index contributed by atoms with van der Waals surface area (Å²) < 4.78 is 6.90. The highest BCUT2D eigenvalue weighted by Gasteiger charge is 2.36. The number of fused-ring (bicyclic) bond motifs is 2. The van der Waals surface area contributed by atoms with Gasteiger partial charge in [-0.15, -0.1) is 0 Å². The summed E-state index contributed by atoms with van der Waals surface area (Å²) in [7, 11) is 1.84. The fourth-order valence-electron chi connectivity index (χ4n) is 3.63. The number of rotatable bonds is 2. The first-order valence-electron chi connectivity index (χ1n) is 6.72. The van der Waals surface area contributed by atoms with Crippen molar-refractivity contribution >= 4 is 21.5 Å². The maximum Gasteiger partial charge on any atom is 0.102 e. The minimum Gasteiger partial charge on any atom is -0.501 e. The molecule has 0 aromatic heterocycles. The van der Waals surface area contributed by atoms with E-state index >= 15 is 0 Å². The summed E-state index contributed by atoms with van der Waals surface area (Å²) in [5.41, 5.74) is 4.18. The minimum absolute atomic E-state index is 0.673. The number of allylic oxidation sites excluding steroid dienone is 2. The van der Waals surface area contributed by atoms with Crippen LogP contribution in [0.5, 0.6) is 0 Å². The van der Waals surface area contributed by atoms with E-state index in [2.05, 4.69) is 41.1 Å². The van der Waals surface area contributed by atoms with E-state index in [1.54, 1.807) is 0 Å². The predicted octanol–water partition coefficient (Wildman–Crippen LogP) is 4.94. The van der Waals surface area contributed by atoms with Gasteiger partial charge in [-0.25, -0.2) is 0 Å². The van der Waals surface area contributed by atoms with E-state index in [0.717, 1.165) is 10.4 Å². The number of aryl methyl sites for hydroxylation is 1. The van der Waals surface area contributed by atoms with E-state index in [4.69, 9.17) is 4.74 Å². The van der Waals surface area contributed by atoms with Crippen LogP contribution in [0.4, 0.5) is 0 Å². The first-order chi connectivity index (χ1) is 8.69. The zero-order chi connectivity index (χ0) is 12.7. The molecule has 1 nitrogen and oxygen atoms in total. The monoisotopic (exact) mass is 306 g/mol. The summed E-state index contributed by atoms with van der Waals surface area (Å²) in [6, 6.07) is 6.57. The Hall–Kier alpha value is -0.760. The maximum absolute atomic E-state index is 5.74. The molecule has 0 spiro atoms. The largest absolute Gasteiger partial charge is 0.501 e. The van der Waals surface area contributed by atoms with E-state index in [0.29, 0.717) is 5.92 Å². The minimum atomic E-state index is 0.673. The third kappa shape index (κ3) is 2.01. The number of benzene rings is 1. The summed E-state index contributed by atoms with van der Waals surface area (Å²) in [4.78, 5) is 0. The van der Waals surface area contributed by atoms with E-state index in [9.17, 15) is 0 Å². The Morgan fingerprint density at radius 3 is 2.83 bits per heavy atom. The van der Waals surface area contributed by atoms with Gasteiger partial charge in [0.05, 0.1) is 7.11 Å². The number of hydrogen-bond acceptors (Lipinski definition) is 1. The van der Waals surface area contributed by atoms with Crippen molar-refractivity contribution in [3.63, 3.8) is 0 Å². The molecule has 2 aliphatic rings. The Morgan fingerprint density at radius 1 is 1.28 bits per heavy atom. The second-order valence-electron chi connectivity index (χ2n) is 5.59. The number of methoxy groups -OCH3 is 1. The van der Waals surface area contributed by atoms with Crippen molar-refractivity contribution in [1.82, 2.24) is 0 Å². The third-order valence-corrected chi connectivity index (χ3v) is 4.93. The Balaban J connectivity index is 2.08. The third-order valence-electron chi connectivity index (χ3n) is 4.44. The lowest BCUT2D eigenvalue weighted by molar-refractivity contribution is 0.234. The second-order valence-corrected chi connectivity index (χ2v) is 6.50. The van der Waals surface area contributed by atoms with Crippen molar-refractivity contribution in [2.24, 2.45) is 11.8 Å². The molecule has 2 unspecified atom stereocenters. The highest BCUT2D eigenvalue weighted by Crippen LogP contribution is 2.48. The van der Waals surface area contributed by atoms with Crippen molar-refractivity contribution in [2.45, 2.75) is 32.6 Å². The zero-order valence-corrected chi connectivity index (χ0v) is 12.6. The van der Waals surface area contributed by atoms with Crippen LogP contribution in [0.3, 0.4) is 0 Å². The van der Waals surface area contributed by atoms with Crippen LogP contribution in [-0.2, 0) is 4.74 Å². The summed E-state index contributed by atoms with van der Waals surface area (Å²) in [6.07, 6.45) is 5.22. The lowest BCUT2D eigenvalue weighted by Gasteiger charge is -2.26. The standard InChI is InChI=1S/C16H19BrO/c1-10-7-13(17)5-6-14(10)15-9-11-3-4-12(8-11)16(15)18-2/h5-7,11-12H,3-4,8-9H2,1-2H3. The second kappa shape index (κ2) is 4.73. The van der Waals surface area contributed by atoms with Gasteiger partial charge in [-0.2, -0.15) is 0 Å². The molecule has 1 aromatic rings. The lowest BCUT2D eigenvalue weighted by atomic mass is 9.83. The Labute approximate surface area is 117 Å². The molecule has 96 valence electrons. The quantitative estimate of drug-likeness (QED) is 0.752. The van der Waals surface area contributed by atoms with Crippen molar-refractivity contribution in [1.29, 1.82) is 0 Å². The molecule has 3 rings (SSSR count). The van der Waals surface area contributed by atoms with Crippen LogP contribution in [0.1, 0.15) is 36.8 Å². The van der Waals surface area contributed by atoms with Gasteiger partial charge in [0.15, 0.2) is 0 Å². The lowest BCUT2D eigenvalue weighted by Crippen LogP contribution is -2.12. The maximum atomic E-state index is 5.74. The first-order valence-corrected chi connectivity index (χ1v) is 7.52. The van der Waals surface area contributed by atoms with E-state index in [-0.39, 0.29) is 0 Å². The summed E-state index contributed by atoms with van der Waals surface area (Å²) in [6.45, 7) is 2.19. The van der Waals surface area contributed by atoms with Gasteiger partial charge in [0.25, 0.3) is 0 Å². The highest BCUT2D eigenvalue weighted by molar-refractivity contribution is 9.10. The van der Waals surface area contributed by atoms with Gasteiger partial charge in [-0.3, -0.25) is 0 Å². The van der Waals surface area contributed by atoms with Crippen LogP contribution in [0, 0.1) is 18.8 Å². The van der Waals surface area contributed by atoms with Gasteiger partial charge < -0.3 is 4.74 Å². The van der Waals surface area contributed by atoms with Gasteiger partial charge in [-0.05, 0) is 67.4 Å². The van der Waals surface area contributed by atoms with Crippen molar-refractivity contribution < 1.29 is 4.74 Å². The molecule has 1 aromatic carbocycles. The summed E-state index contributed by atoms with van der Waals surface area (Å²) in [5.74, 6) is 2.81. The molecular formula is C16H19BrO. The number of ether oxygens (including phenoxy) is 1. The topological polar surface area (TPSA) is 9.23 Å². The first kappa shape index (κ1) is 12.3. The van der Waals surface area contributed by atoms with Gasteiger partial charge in [-0.1, -0.05) is 22.0 Å². The van der Waals surface area contributed by atoms with Crippen LogP contribution in [0.25, 0.3) is 5.57 Å². The average molecular weight is 307 g/mol. The smallest absolute Gasteiger partial charge is 0.102 e. The van der Waals surface area contributed by atoms with Gasteiger partial charge in [0.2, 0.25) is 0 Å². The summed E-state index contributed by atoms with van der Waals surface area (Å²) >= 11 is 3.54. The fourth-order valence-corrected chi connectivity index (χ4v) is 4.11. The molecule has 2 aliphatic carbocycles. The van der Waals surface area contributed by atoms with Crippen molar-refractivity contribution in [3.8, 4) is 0 Å². The molecule has 1 fully saturated rings. The molecular weight excluding hydrogens is 288 g/mol. The molecule has 2 heteroatoms. The predicted molar refractivity (Wildman–Crippen MR) is 78.3 cm³/mol. The number of hydrogen-bond donors (Lipinski definition) is 0. The number of halogens is 1. The van der Waals surface area contributed by atoms with E-state index < -0.39 is 0 Å². The SMILES string of the molecule is COC1=C(c2ccc(Br)cc2C)CC2CCC1C2. The van der Waals surface area contributed by atoms with Gasteiger partial charge in [0, 0.05) is 10.4 Å². The van der Waals surface area contributed by atoms with Gasteiger partial charge >= 0.3 is 0 Å². The molecule has 0 N–H and O–H groups in total. The van der Waals surface area contributed by atoms with Crippen molar-refractivity contribution in [2.75, 3.05) is 7.11 Å². The molecule has 0 radical (unpaired) electrons. The average Bonchev–Trinajstić information content (AvgIpc) is 2.72. The van der Waals surface area contributed by atoms with E-state index in [1.807, 2.05) is 7.11 Å². The van der Waals surface area contributed by atoms with Crippen LogP contribution >= 0.6 is 15.9 Å². The molecule has 18 heavy (non-hydrogen) atoms. The molecule has 0 saturated heterocycles. The molecule has 0 aliphatic heterocycles. The molecule has 2 atom stereocenters. The van der Waals surface area contributed by atoms with Crippen LogP contribution in [0.2, 0.25) is 0 Å². The van der Waals surface area contributed by atoms with E-state index in [1.165, 1.54) is 48.1 Å². The zero-order valence-electron chi connectivity index (χ0n) is 11.0.